The fourth-order valence-corrected chi connectivity index (χ4v) is 2.70. The second-order valence-corrected chi connectivity index (χ2v) is 7.27. The number of methoxy groups -OCH3 is 1. The molecule has 0 spiro atoms. The lowest BCUT2D eigenvalue weighted by Crippen LogP contribution is -2.13. The molecule has 0 bridgehead atoms. The van der Waals surface area contributed by atoms with E-state index in [0.717, 1.165) is 0 Å². The van der Waals surface area contributed by atoms with Crippen molar-refractivity contribution in [1.82, 2.24) is 0 Å². The van der Waals surface area contributed by atoms with Crippen LogP contribution in [-0.4, -0.2) is 44.1 Å². The second kappa shape index (κ2) is 12.8. The number of anilines is 1. The first kappa shape index (κ1) is 26.1. The number of rotatable bonds is 11. The summed E-state index contributed by atoms with van der Waals surface area (Å²) < 4.78 is 20.7. The summed E-state index contributed by atoms with van der Waals surface area (Å²) in [5, 5.41) is 2.52. The van der Waals surface area contributed by atoms with Crippen molar-refractivity contribution in [1.29, 1.82) is 0 Å². The predicted molar refractivity (Wildman–Crippen MR) is 124 cm³/mol. The van der Waals surface area contributed by atoms with Gasteiger partial charge in [-0.2, -0.15) is 0 Å². The first-order chi connectivity index (χ1) is 16.2. The van der Waals surface area contributed by atoms with Crippen LogP contribution in [0.2, 0.25) is 0 Å². The fraction of sp³-hybridized carbons (Fsp3) is 0.280. The fourth-order valence-electron chi connectivity index (χ4n) is 2.70. The maximum absolute atomic E-state index is 12.5. The van der Waals surface area contributed by atoms with Gasteiger partial charge in [0.25, 0.3) is 0 Å². The summed E-state index contributed by atoms with van der Waals surface area (Å²) in [6.07, 6.45) is 1.34. The first-order valence-electron chi connectivity index (χ1n) is 10.5. The van der Waals surface area contributed by atoms with Crippen LogP contribution < -0.4 is 14.8 Å². The molecule has 180 valence electrons. The maximum atomic E-state index is 12.5. The number of unbranched alkanes of at least 4 members (excludes halogenated alkanes) is 1. The number of carbonyl (C=O) groups is 4. The zero-order chi connectivity index (χ0) is 25.1. The molecule has 9 nitrogen and oxygen atoms in total. The number of esters is 3. The summed E-state index contributed by atoms with van der Waals surface area (Å²) in [4.78, 5) is 47.1. The monoisotopic (exact) mass is 469 g/mol. The minimum absolute atomic E-state index is 0.0566. The van der Waals surface area contributed by atoms with E-state index in [0.29, 0.717) is 37.4 Å². The minimum Gasteiger partial charge on any atom is -0.494 e. The molecule has 0 aliphatic carbocycles. The number of ether oxygens (including phenoxy) is 4. The molecule has 9 heteroatoms. The third kappa shape index (κ3) is 8.09. The molecule has 0 atom stereocenters. The number of amides is 1. The van der Waals surface area contributed by atoms with Crippen molar-refractivity contribution in [3.8, 4) is 11.5 Å². The minimum atomic E-state index is -0.683. The van der Waals surface area contributed by atoms with Crippen molar-refractivity contribution in [3.05, 3.63) is 65.7 Å². The van der Waals surface area contributed by atoms with E-state index in [1.807, 2.05) is 0 Å². The predicted octanol–water partition coefficient (Wildman–Crippen LogP) is 3.93. The number of nitrogens with one attached hydrogen (secondary N) is 1. The molecule has 2 aromatic carbocycles. The summed E-state index contributed by atoms with van der Waals surface area (Å²) in [5.74, 6) is -1.39. The average molecular weight is 469 g/mol. The van der Waals surface area contributed by atoms with E-state index in [1.165, 1.54) is 32.2 Å². The number of hydrogen-bond acceptors (Lipinski definition) is 8. The van der Waals surface area contributed by atoms with Gasteiger partial charge in [-0.15, -0.1) is 0 Å². The SMILES string of the molecule is C=C(C)C(=O)OCCCCOc1ccc(C(=O)Oc2ccc(NC(C)=O)c(C(=O)OC)c2)cc1. The quantitative estimate of drug-likeness (QED) is 0.228. The standard InChI is InChI=1S/C25H27NO8/c1-16(2)23(28)33-14-6-5-13-32-19-9-7-18(8-10-19)24(29)34-20-11-12-22(26-17(3)27)21(15-20)25(30)31-4/h7-12,15H,1,5-6,13-14H2,2-4H3,(H,26,27). The number of carbonyl (C=O) groups excluding carboxylic acids is 4. The summed E-state index contributed by atoms with van der Waals surface area (Å²) in [6, 6.07) is 10.6. The van der Waals surface area contributed by atoms with Crippen molar-refractivity contribution < 1.29 is 38.1 Å². The summed E-state index contributed by atoms with van der Waals surface area (Å²) >= 11 is 0. The Morgan fingerprint density at radius 2 is 1.53 bits per heavy atom. The highest BCUT2D eigenvalue weighted by Gasteiger charge is 2.16. The molecule has 0 heterocycles. The smallest absolute Gasteiger partial charge is 0.343 e. The number of hydrogen-bond donors (Lipinski definition) is 1. The molecular weight excluding hydrogens is 442 g/mol. The molecule has 0 saturated carbocycles. The summed E-state index contributed by atoms with van der Waals surface area (Å²) in [5.41, 5.74) is 0.946. The molecular formula is C25H27NO8. The van der Waals surface area contributed by atoms with Crippen molar-refractivity contribution in [3.63, 3.8) is 0 Å². The van der Waals surface area contributed by atoms with Gasteiger partial charge in [0, 0.05) is 12.5 Å². The van der Waals surface area contributed by atoms with Gasteiger partial charge in [0.15, 0.2) is 0 Å². The van der Waals surface area contributed by atoms with Gasteiger partial charge in [-0.1, -0.05) is 6.58 Å². The molecule has 1 amide bonds. The summed E-state index contributed by atoms with van der Waals surface area (Å²) in [6.45, 7) is 7.13. The molecule has 2 aromatic rings. The van der Waals surface area contributed by atoms with Crippen LogP contribution in [0.1, 0.15) is 47.4 Å². The van der Waals surface area contributed by atoms with Crippen LogP contribution in [-0.2, 0) is 19.1 Å². The van der Waals surface area contributed by atoms with Crippen LogP contribution in [0.3, 0.4) is 0 Å². The normalized spacial score (nSPS) is 10.1. The maximum Gasteiger partial charge on any atom is 0.343 e. The molecule has 1 N–H and O–H groups in total. The Kier molecular flexibility index (Phi) is 9.82. The van der Waals surface area contributed by atoms with Gasteiger partial charge in [0.2, 0.25) is 5.91 Å². The second-order valence-electron chi connectivity index (χ2n) is 7.27. The van der Waals surface area contributed by atoms with Gasteiger partial charge in [-0.25, -0.2) is 14.4 Å². The van der Waals surface area contributed by atoms with E-state index < -0.39 is 17.9 Å². The third-order valence-electron chi connectivity index (χ3n) is 4.40. The Morgan fingerprint density at radius 1 is 0.882 bits per heavy atom. The van der Waals surface area contributed by atoms with E-state index in [1.54, 1.807) is 31.2 Å². The zero-order valence-electron chi connectivity index (χ0n) is 19.3. The molecule has 0 aromatic heterocycles. The van der Waals surface area contributed by atoms with Crippen LogP contribution in [0, 0.1) is 0 Å². The lowest BCUT2D eigenvalue weighted by molar-refractivity contribution is -0.139. The highest BCUT2D eigenvalue weighted by molar-refractivity contribution is 6.01. The molecule has 0 aliphatic rings. The molecule has 0 unspecified atom stereocenters. The highest BCUT2D eigenvalue weighted by Crippen LogP contribution is 2.24. The van der Waals surface area contributed by atoms with E-state index in [4.69, 9.17) is 18.9 Å². The Labute approximate surface area is 197 Å². The topological polar surface area (TPSA) is 117 Å². The Morgan fingerprint density at radius 3 is 2.15 bits per heavy atom. The van der Waals surface area contributed by atoms with Gasteiger partial charge >= 0.3 is 17.9 Å². The molecule has 0 saturated heterocycles. The van der Waals surface area contributed by atoms with E-state index in [-0.39, 0.29) is 28.5 Å². The molecule has 0 aliphatic heterocycles. The van der Waals surface area contributed by atoms with Crippen LogP contribution in [0.4, 0.5) is 5.69 Å². The molecule has 34 heavy (non-hydrogen) atoms. The Balaban J connectivity index is 1.90. The van der Waals surface area contributed by atoms with Gasteiger partial charge < -0.3 is 24.3 Å². The van der Waals surface area contributed by atoms with Crippen LogP contribution in [0.5, 0.6) is 11.5 Å². The van der Waals surface area contributed by atoms with Crippen LogP contribution in [0.25, 0.3) is 0 Å². The van der Waals surface area contributed by atoms with Gasteiger partial charge in [0.1, 0.15) is 11.5 Å². The zero-order valence-corrected chi connectivity index (χ0v) is 19.3. The molecule has 2 rings (SSSR count). The van der Waals surface area contributed by atoms with E-state index in [9.17, 15) is 19.2 Å². The van der Waals surface area contributed by atoms with Crippen molar-refractivity contribution in [2.45, 2.75) is 26.7 Å². The van der Waals surface area contributed by atoms with Gasteiger partial charge in [-0.3, -0.25) is 4.79 Å². The van der Waals surface area contributed by atoms with Crippen LogP contribution >= 0.6 is 0 Å². The van der Waals surface area contributed by atoms with Crippen LogP contribution in [0.15, 0.2) is 54.6 Å². The van der Waals surface area contributed by atoms with Gasteiger partial charge in [0.05, 0.1) is 37.1 Å². The van der Waals surface area contributed by atoms with E-state index in [2.05, 4.69) is 11.9 Å². The first-order valence-corrected chi connectivity index (χ1v) is 10.5. The van der Waals surface area contributed by atoms with Crippen molar-refractivity contribution in [2.75, 3.05) is 25.6 Å². The molecule has 0 radical (unpaired) electrons. The largest absolute Gasteiger partial charge is 0.494 e. The lowest BCUT2D eigenvalue weighted by atomic mass is 10.1. The number of benzene rings is 2. The summed E-state index contributed by atoms with van der Waals surface area (Å²) in [7, 11) is 1.21. The van der Waals surface area contributed by atoms with E-state index >= 15 is 0 Å². The Hall–Kier alpha value is -4.14. The lowest BCUT2D eigenvalue weighted by Gasteiger charge is -2.11. The third-order valence-corrected chi connectivity index (χ3v) is 4.40. The highest BCUT2D eigenvalue weighted by atomic mass is 16.5. The van der Waals surface area contributed by atoms with Crippen molar-refractivity contribution >= 4 is 29.5 Å². The van der Waals surface area contributed by atoms with Gasteiger partial charge in [-0.05, 0) is 62.2 Å². The average Bonchev–Trinajstić information content (AvgIpc) is 2.81. The Bertz CT molecular complexity index is 1060. The van der Waals surface area contributed by atoms with Crippen molar-refractivity contribution in [2.24, 2.45) is 0 Å². The molecule has 0 fully saturated rings.